The molecule has 152 valence electrons. The number of aromatic nitrogens is 1. The summed E-state index contributed by atoms with van der Waals surface area (Å²) in [5.41, 5.74) is 0.680. The van der Waals surface area contributed by atoms with E-state index in [4.69, 9.17) is 10.00 Å². The minimum atomic E-state index is -0.633. The number of benzene rings is 2. The maximum atomic E-state index is 12.5. The van der Waals surface area contributed by atoms with Crippen molar-refractivity contribution in [2.75, 3.05) is 18.5 Å². The largest absolute Gasteiger partial charge is 0.493 e. The van der Waals surface area contributed by atoms with Crippen LogP contribution < -0.4 is 20.8 Å². The first kappa shape index (κ1) is 20.6. The monoisotopic (exact) mass is 404 g/mol. The van der Waals surface area contributed by atoms with Crippen molar-refractivity contribution in [3.8, 4) is 11.8 Å². The average Bonchev–Trinajstić information content (AvgIpc) is 2.76. The van der Waals surface area contributed by atoms with E-state index in [2.05, 4.69) is 15.6 Å². The molecule has 1 heterocycles. The standard InChI is InChI=1S/C22H20N4O4/c23-10-3-4-11-30-16-7-5-6-15(12-16)26-20(27)14-25-22(29)18-13-24-19-9-2-1-8-17(19)21(18)28/h1-2,5-9,12-13H,3-4,11,14H2,(H,24,28)(H,25,29)(H,26,27). The minimum Gasteiger partial charge on any atom is -0.493 e. The number of nitrogens with one attached hydrogen (secondary N) is 3. The zero-order valence-corrected chi connectivity index (χ0v) is 16.1. The van der Waals surface area contributed by atoms with Gasteiger partial charge in [0.2, 0.25) is 11.3 Å². The highest BCUT2D eigenvalue weighted by molar-refractivity contribution is 6.00. The van der Waals surface area contributed by atoms with Crippen molar-refractivity contribution in [2.45, 2.75) is 12.8 Å². The van der Waals surface area contributed by atoms with E-state index in [0.717, 1.165) is 0 Å². The van der Waals surface area contributed by atoms with E-state index in [0.29, 0.717) is 41.8 Å². The van der Waals surface area contributed by atoms with Crippen LogP contribution in [0.15, 0.2) is 59.5 Å². The number of hydrogen-bond donors (Lipinski definition) is 3. The molecule has 2 amide bonds. The molecule has 1 aromatic heterocycles. The quantitative estimate of drug-likeness (QED) is 0.498. The maximum absolute atomic E-state index is 12.5. The SMILES string of the molecule is N#CCCCOc1cccc(NC(=O)CNC(=O)c2c[nH]c3ccccc3c2=O)c1. The number of carbonyl (C=O) groups is 2. The van der Waals surface area contributed by atoms with Gasteiger partial charge in [-0.25, -0.2) is 0 Å². The number of para-hydroxylation sites is 1. The molecule has 0 fully saturated rings. The number of fused-ring (bicyclic) bond motifs is 1. The molecule has 3 aromatic rings. The number of carbonyl (C=O) groups excluding carboxylic acids is 2. The van der Waals surface area contributed by atoms with Crippen molar-refractivity contribution in [3.05, 3.63) is 70.5 Å². The molecule has 2 aromatic carbocycles. The predicted molar refractivity (Wildman–Crippen MR) is 112 cm³/mol. The molecular formula is C22H20N4O4. The minimum absolute atomic E-state index is 0.0609. The van der Waals surface area contributed by atoms with Crippen molar-refractivity contribution in [3.63, 3.8) is 0 Å². The first-order chi connectivity index (χ1) is 14.6. The zero-order valence-electron chi connectivity index (χ0n) is 16.1. The third-order valence-corrected chi connectivity index (χ3v) is 4.26. The smallest absolute Gasteiger partial charge is 0.257 e. The normalized spacial score (nSPS) is 10.2. The lowest BCUT2D eigenvalue weighted by Gasteiger charge is -2.09. The summed E-state index contributed by atoms with van der Waals surface area (Å²) >= 11 is 0. The Morgan fingerprint density at radius 3 is 2.80 bits per heavy atom. The van der Waals surface area contributed by atoms with Crippen LogP contribution in [0.25, 0.3) is 10.9 Å². The fraction of sp³-hybridized carbons (Fsp3) is 0.182. The average molecular weight is 404 g/mol. The van der Waals surface area contributed by atoms with Crippen LogP contribution in [0.5, 0.6) is 5.75 Å². The molecule has 0 unspecified atom stereocenters. The third kappa shape index (κ3) is 5.23. The molecule has 8 heteroatoms. The molecule has 8 nitrogen and oxygen atoms in total. The first-order valence-electron chi connectivity index (χ1n) is 9.37. The van der Waals surface area contributed by atoms with Crippen LogP contribution in [0, 0.1) is 11.3 Å². The lowest BCUT2D eigenvalue weighted by Crippen LogP contribution is -2.35. The molecule has 0 atom stereocenters. The predicted octanol–water partition coefficient (Wildman–Crippen LogP) is 2.58. The summed E-state index contributed by atoms with van der Waals surface area (Å²) in [6, 6.07) is 15.7. The summed E-state index contributed by atoms with van der Waals surface area (Å²) in [5.74, 6) is -0.508. The summed E-state index contributed by atoms with van der Waals surface area (Å²) in [6.45, 7) is 0.111. The Bertz CT molecular complexity index is 1160. The maximum Gasteiger partial charge on any atom is 0.257 e. The molecule has 0 spiro atoms. The van der Waals surface area contributed by atoms with E-state index in [1.54, 1.807) is 48.5 Å². The van der Waals surface area contributed by atoms with Gasteiger partial charge in [0.25, 0.3) is 5.91 Å². The van der Waals surface area contributed by atoms with Gasteiger partial charge in [0.1, 0.15) is 11.3 Å². The Morgan fingerprint density at radius 2 is 1.97 bits per heavy atom. The van der Waals surface area contributed by atoms with Crippen LogP contribution in [0.1, 0.15) is 23.2 Å². The lowest BCUT2D eigenvalue weighted by molar-refractivity contribution is -0.115. The van der Waals surface area contributed by atoms with E-state index in [-0.39, 0.29) is 12.1 Å². The number of aromatic amines is 1. The summed E-state index contributed by atoms with van der Waals surface area (Å²) in [4.78, 5) is 39.9. The van der Waals surface area contributed by atoms with Crippen molar-refractivity contribution < 1.29 is 14.3 Å². The number of H-pyrrole nitrogens is 1. The van der Waals surface area contributed by atoms with Gasteiger partial charge in [-0.3, -0.25) is 14.4 Å². The second kappa shape index (κ2) is 9.89. The second-order valence-corrected chi connectivity index (χ2v) is 6.45. The summed E-state index contributed by atoms with van der Waals surface area (Å²) in [6.07, 6.45) is 2.37. The van der Waals surface area contributed by atoms with Gasteiger partial charge in [0, 0.05) is 35.3 Å². The number of pyridine rings is 1. The highest BCUT2D eigenvalue weighted by Crippen LogP contribution is 2.17. The van der Waals surface area contributed by atoms with Crippen molar-refractivity contribution in [1.29, 1.82) is 5.26 Å². The Kier molecular flexibility index (Phi) is 6.79. The fourth-order valence-electron chi connectivity index (χ4n) is 2.80. The van der Waals surface area contributed by atoms with Crippen molar-refractivity contribution in [1.82, 2.24) is 10.3 Å². The van der Waals surface area contributed by atoms with Gasteiger partial charge >= 0.3 is 0 Å². The molecule has 0 saturated heterocycles. The number of unbranched alkanes of at least 4 members (excludes halogenated alkanes) is 1. The van der Waals surface area contributed by atoms with Crippen molar-refractivity contribution >= 4 is 28.4 Å². The molecule has 30 heavy (non-hydrogen) atoms. The number of rotatable bonds is 8. The Labute approximate surface area is 172 Å². The number of anilines is 1. The highest BCUT2D eigenvalue weighted by atomic mass is 16.5. The van der Waals surface area contributed by atoms with Gasteiger partial charge in [0.15, 0.2) is 0 Å². The van der Waals surface area contributed by atoms with Gasteiger partial charge in [0.05, 0.1) is 19.2 Å². The Hall–Kier alpha value is -4.12. The molecule has 0 bridgehead atoms. The number of hydrogen-bond acceptors (Lipinski definition) is 5. The first-order valence-corrected chi connectivity index (χ1v) is 9.37. The molecular weight excluding hydrogens is 384 g/mol. The molecule has 3 rings (SSSR count). The third-order valence-electron chi connectivity index (χ3n) is 4.26. The van der Waals surface area contributed by atoms with E-state index in [1.165, 1.54) is 6.20 Å². The van der Waals surface area contributed by atoms with Crippen LogP contribution in [0.4, 0.5) is 5.69 Å². The summed E-state index contributed by atoms with van der Waals surface area (Å²) in [7, 11) is 0. The number of nitriles is 1. The topological polar surface area (TPSA) is 124 Å². The summed E-state index contributed by atoms with van der Waals surface area (Å²) < 4.78 is 5.52. The van der Waals surface area contributed by atoms with E-state index >= 15 is 0 Å². The Morgan fingerprint density at radius 1 is 1.13 bits per heavy atom. The summed E-state index contributed by atoms with van der Waals surface area (Å²) in [5, 5.41) is 14.1. The van der Waals surface area contributed by atoms with E-state index in [1.807, 2.05) is 6.07 Å². The van der Waals surface area contributed by atoms with Gasteiger partial charge in [-0.1, -0.05) is 18.2 Å². The molecule has 0 aliphatic carbocycles. The molecule has 3 N–H and O–H groups in total. The van der Waals surface area contributed by atoms with Gasteiger partial charge in [-0.05, 0) is 30.7 Å². The van der Waals surface area contributed by atoms with Crippen LogP contribution in [-0.4, -0.2) is 29.9 Å². The van der Waals surface area contributed by atoms with Gasteiger partial charge in [-0.2, -0.15) is 5.26 Å². The number of ether oxygens (including phenoxy) is 1. The van der Waals surface area contributed by atoms with Gasteiger partial charge < -0.3 is 20.4 Å². The number of nitrogens with zero attached hydrogens (tertiary/aromatic N) is 1. The van der Waals surface area contributed by atoms with Crippen molar-refractivity contribution in [2.24, 2.45) is 0 Å². The molecule has 0 radical (unpaired) electrons. The molecule has 0 aliphatic rings. The van der Waals surface area contributed by atoms with Crippen LogP contribution in [0.3, 0.4) is 0 Å². The van der Waals surface area contributed by atoms with E-state index < -0.39 is 17.2 Å². The lowest BCUT2D eigenvalue weighted by atomic mass is 10.1. The molecule has 0 saturated carbocycles. The van der Waals surface area contributed by atoms with Crippen LogP contribution >= 0.6 is 0 Å². The fourth-order valence-corrected chi connectivity index (χ4v) is 2.80. The second-order valence-electron chi connectivity index (χ2n) is 6.45. The highest BCUT2D eigenvalue weighted by Gasteiger charge is 2.14. The van der Waals surface area contributed by atoms with E-state index in [9.17, 15) is 14.4 Å². The number of amides is 2. The molecule has 0 aliphatic heterocycles. The van der Waals surface area contributed by atoms with Gasteiger partial charge in [-0.15, -0.1) is 0 Å². The van der Waals surface area contributed by atoms with Crippen LogP contribution in [0.2, 0.25) is 0 Å². The Balaban J connectivity index is 1.56. The van der Waals surface area contributed by atoms with Crippen LogP contribution in [-0.2, 0) is 4.79 Å². The zero-order chi connectivity index (χ0) is 21.3.